The fourth-order valence-electron chi connectivity index (χ4n) is 6.01. The first-order valence-corrected chi connectivity index (χ1v) is 14.0. The lowest BCUT2D eigenvalue weighted by Gasteiger charge is -2.28. The van der Waals surface area contributed by atoms with E-state index in [1.54, 1.807) is 0 Å². The molecule has 0 unspecified atom stereocenters. The molecule has 200 valence electrons. The van der Waals surface area contributed by atoms with E-state index in [9.17, 15) is 9.59 Å². The fraction of sp³-hybridized carbons (Fsp3) is 0.111. The van der Waals surface area contributed by atoms with Gasteiger partial charge in [-0.15, -0.1) is 0 Å². The third-order valence-electron chi connectivity index (χ3n) is 7.98. The number of nitrogens with one attached hydrogen (secondary N) is 2. The molecule has 6 aromatic rings. The van der Waals surface area contributed by atoms with Crippen molar-refractivity contribution in [3.63, 3.8) is 0 Å². The predicted octanol–water partition coefficient (Wildman–Crippen LogP) is 7.14. The molecule has 0 atom stereocenters. The molecule has 2 amide bonds. The highest BCUT2D eigenvalue weighted by molar-refractivity contribution is 6.26. The normalized spacial score (nSPS) is 12.9. The lowest BCUT2D eigenvalue weighted by molar-refractivity contribution is 0.0598. The molecule has 5 nitrogen and oxygen atoms in total. The Hall–Kier alpha value is -5.00. The van der Waals surface area contributed by atoms with Crippen molar-refractivity contribution < 1.29 is 9.59 Å². The second-order valence-corrected chi connectivity index (χ2v) is 10.5. The summed E-state index contributed by atoms with van der Waals surface area (Å²) in [6.07, 6.45) is 0. The zero-order chi connectivity index (χ0) is 27.8. The first-order chi connectivity index (χ1) is 20.2. The third-order valence-corrected chi connectivity index (χ3v) is 7.98. The Bertz CT molecular complexity index is 1870. The Morgan fingerprint density at radius 3 is 1.95 bits per heavy atom. The van der Waals surface area contributed by atoms with Gasteiger partial charge in [0, 0.05) is 47.2 Å². The first-order valence-electron chi connectivity index (χ1n) is 14.0. The Morgan fingerprint density at radius 2 is 1.22 bits per heavy atom. The highest BCUT2D eigenvalue weighted by Crippen LogP contribution is 2.35. The van der Waals surface area contributed by atoms with Gasteiger partial charge in [-0.3, -0.25) is 14.5 Å². The molecule has 0 saturated carbocycles. The molecule has 7 rings (SSSR count). The number of carbonyl (C=O) groups is 2. The first kappa shape index (κ1) is 25.0. The maximum absolute atomic E-state index is 13.4. The van der Waals surface area contributed by atoms with Crippen molar-refractivity contribution >= 4 is 49.8 Å². The molecule has 1 aliphatic rings. The number of hydrogen-bond acceptors (Lipinski definition) is 4. The number of carbonyl (C=O) groups excluding carboxylic acids is 2. The van der Waals surface area contributed by atoms with Gasteiger partial charge >= 0.3 is 0 Å². The van der Waals surface area contributed by atoms with Crippen molar-refractivity contribution in [2.24, 2.45) is 0 Å². The lowest BCUT2D eigenvalue weighted by Crippen LogP contribution is -2.39. The number of anilines is 1. The van der Waals surface area contributed by atoms with E-state index < -0.39 is 0 Å². The number of nitrogens with zero attached hydrogens (tertiary/aromatic N) is 1. The summed E-state index contributed by atoms with van der Waals surface area (Å²) in [5.74, 6) is -0.504. The van der Waals surface area contributed by atoms with Gasteiger partial charge in [-0.05, 0) is 56.9 Å². The molecule has 0 radical (unpaired) electrons. The molecular formula is C36H29N3O2. The van der Waals surface area contributed by atoms with E-state index in [1.165, 1.54) is 32.0 Å². The molecule has 41 heavy (non-hydrogen) atoms. The Labute approximate surface area is 238 Å². The number of rotatable bonds is 8. The van der Waals surface area contributed by atoms with Crippen LogP contribution in [0.2, 0.25) is 0 Å². The molecule has 0 aliphatic carbocycles. The second kappa shape index (κ2) is 10.5. The van der Waals surface area contributed by atoms with Crippen LogP contribution in [0.3, 0.4) is 0 Å². The van der Waals surface area contributed by atoms with Gasteiger partial charge in [0.15, 0.2) is 0 Å². The van der Waals surface area contributed by atoms with E-state index in [0.29, 0.717) is 17.7 Å². The second-order valence-electron chi connectivity index (χ2n) is 10.5. The number of amides is 2. The average Bonchev–Trinajstić information content (AvgIpc) is 3.02. The number of fused-ring (bicyclic) bond motifs is 2. The Balaban J connectivity index is 1.08. The van der Waals surface area contributed by atoms with Crippen LogP contribution in [0.15, 0.2) is 115 Å². The summed E-state index contributed by atoms with van der Waals surface area (Å²) >= 11 is 0. The molecule has 5 heteroatoms. The molecule has 0 aromatic heterocycles. The van der Waals surface area contributed by atoms with Gasteiger partial charge in [-0.25, -0.2) is 0 Å². The van der Waals surface area contributed by atoms with Crippen LogP contribution in [0.5, 0.6) is 0 Å². The van der Waals surface area contributed by atoms with Gasteiger partial charge in [0.05, 0.1) is 6.54 Å². The van der Waals surface area contributed by atoms with Crippen LogP contribution >= 0.6 is 0 Å². The van der Waals surface area contributed by atoms with Crippen molar-refractivity contribution in [3.05, 3.63) is 138 Å². The van der Waals surface area contributed by atoms with Gasteiger partial charge in [-0.1, -0.05) is 91.0 Å². The van der Waals surface area contributed by atoms with Crippen LogP contribution in [0.4, 0.5) is 5.69 Å². The average molecular weight is 536 g/mol. The number of hydrogen-bond donors (Lipinski definition) is 2. The number of benzene rings is 6. The molecule has 0 bridgehead atoms. The van der Waals surface area contributed by atoms with Gasteiger partial charge < -0.3 is 10.6 Å². The van der Waals surface area contributed by atoms with Crippen LogP contribution in [0, 0.1) is 0 Å². The van der Waals surface area contributed by atoms with E-state index in [1.807, 2.05) is 60.7 Å². The van der Waals surface area contributed by atoms with Gasteiger partial charge in [-0.2, -0.15) is 0 Å². The summed E-state index contributed by atoms with van der Waals surface area (Å²) in [5.41, 5.74) is 4.28. The fourth-order valence-corrected chi connectivity index (χ4v) is 6.01. The smallest absolute Gasteiger partial charge is 0.261 e. The van der Waals surface area contributed by atoms with Crippen molar-refractivity contribution in [3.8, 4) is 0 Å². The zero-order valence-corrected chi connectivity index (χ0v) is 22.6. The monoisotopic (exact) mass is 535 g/mol. The standard InChI is InChI=1S/C36H29N3O2/c40-35-30-16-8-15-29-33(18-17-31(34(29)30)36(41)39(35)23-24-9-2-1-3-10-24)38-20-19-37-22-32-27-13-6-4-11-25(27)21-26-12-5-7-14-28(26)32/h1-18,21,37-38H,19-20,22-23H2. The third kappa shape index (κ3) is 4.50. The predicted molar refractivity (Wildman–Crippen MR) is 166 cm³/mol. The quantitative estimate of drug-likeness (QED) is 0.124. The SMILES string of the molecule is O=C1c2cccc3c(NCCNCc4c5ccccc5cc5ccccc45)ccc(c23)C(=O)N1Cc1ccccc1. The van der Waals surface area contributed by atoms with E-state index in [-0.39, 0.29) is 18.4 Å². The van der Waals surface area contributed by atoms with Gasteiger partial charge in [0.25, 0.3) is 11.8 Å². The minimum atomic E-state index is -0.252. The summed E-state index contributed by atoms with van der Waals surface area (Å²) in [7, 11) is 0. The van der Waals surface area contributed by atoms with Crippen molar-refractivity contribution in [1.82, 2.24) is 10.2 Å². The lowest BCUT2D eigenvalue weighted by atomic mass is 9.92. The largest absolute Gasteiger partial charge is 0.383 e. The molecule has 0 fully saturated rings. The van der Waals surface area contributed by atoms with Crippen molar-refractivity contribution in [1.29, 1.82) is 0 Å². The summed E-state index contributed by atoms with van der Waals surface area (Å²) in [4.78, 5) is 28.2. The van der Waals surface area contributed by atoms with Crippen LogP contribution in [0.1, 0.15) is 31.8 Å². The van der Waals surface area contributed by atoms with E-state index >= 15 is 0 Å². The van der Waals surface area contributed by atoms with Crippen LogP contribution in [-0.4, -0.2) is 29.8 Å². The molecular weight excluding hydrogens is 506 g/mol. The summed E-state index contributed by atoms with van der Waals surface area (Å²) < 4.78 is 0. The topological polar surface area (TPSA) is 61.4 Å². The van der Waals surface area contributed by atoms with Gasteiger partial charge in [0.2, 0.25) is 0 Å². The summed E-state index contributed by atoms with van der Waals surface area (Å²) in [5, 5.41) is 13.8. The van der Waals surface area contributed by atoms with Crippen molar-refractivity contribution in [2.75, 3.05) is 18.4 Å². The van der Waals surface area contributed by atoms with E-state index in [0.717, 1.165) is 35.1 Å². The van der Waals surface area contributed by atoms with Crippen molar-refractivity contribution in [2.45, 2.75) is 13.1 Å². The molecule has 0 saturated heterocycles. The maximum Gasteiger partial charge on any atom is 0.261 e. The Kier molecular flexibility index (Phi) is 6.42. The minimum absolute atomic E-state index is 0.252. The molecule has 2 N–H and O–H groups in total. The van der Waals surface area contributed by atoms with Gasteiger partial charge in [0.1, 0.15) is 0 Å². The molecule has 6 aromatic carbocycles. The Morgan fingerprint density at radius 1 is 0.585 bits per heavy atom. The van der Waals surface area contributed by atoms with Crippen LogP contribution in [-0.2, 0) is 13.1 Å². The van der Waals surface area contributed by atoms with Crippen LogP contribution < -0.4 is 10.6 Å². The molecule has 1 aliphatic heterocycles. The van der Waals surface area contributed by atoms with Crippen LogP contribution in [0.25, 0.3) is 32.3 Å². The van der Waals surface area contributed by atoms with E-state index in [4.69, 9.17) is 0 Å². The summed E-state index contributed by atoms with van der Waals surface area (Å²) in [6.45, 7) is 2.46. The van der Waals surface area contributed by atoms with E-state index in [2.05, 4.69) is 65.2 Å². The molecule has 0 spiro atoms. The zero-order valence-electron chi connectivity index (χ0n) is 22.6. The highest BCUT2D eigenvalue weighted by Gasteiger charge is 2.33. The highest BCUT2D eigenvalue weighted by atomic mass is 16.2. The molecule has 1 heterocycles. The summed E-state index contributed by atoms with van der Waals surface area (Å²) in [6, 6.07) is 38.4. The maximum atomic E-state index is 13.4. The number of imide groups is 1. The minimum Gasteiger partial charge on any atom is -0.383 e.